The fraction of sp³-hybridized carbons (Fsp3) is 0.477. The average molecular weight is 905 g/mol. The van der Waals surface area contributed by atoms with Gasteiger partial charge in [0.05, 0.1) is 6.42 Å². The van der Waals surface area contributed by atoms with E-state index in [1.165, 1.54) is 6.92 Å². The standard InChI is InChI=1S/C44H64N12O9/c1-4-25(2)37(42(63)55-35(23-36(46)58)40(61)52-32(43(64)65)17-10-11-19-45)56-41(62)34(22-28-24-50-30-16-9-8-15-29(28)30)54-39(60)33(21-27-13-6-5-7-14-27)53-38(59)31(51-26(3)57)18-12-20-49-44(47)48/h5-9,13-16,24-25,31-35,37,50H,4,10-12,17-23,45H2,1-3H3,(H2,46,58)(H,51,57)(H,52,61)(H,53,59)(H,54,60)(H,55,63)(H,56,62)(H,64,65)(H4,47,48,49)/t25-,31-,32-,33-,34-,35-,37-/m0/s1. The predicted octanol–water partition coefficient (Wildman–Crippen LogP) is -0.930. The molecule has 354 valence electrons. The van der Waals surface area contributed by atoms with E-state index in [4.69, 9.17) is 22.9 Å². The summed E-state index contributed by atoms with van der Waals surface area (Å²) in [6.45, 7) is 5.18. The number of unbranched alkanes of at least 4 members (excludes halogenated alkanes) is 1. The number of benzene rings is 2. The number of primary amides is 1. The number of carboxylic acids is 1. The van der Waals surface area contributed by atoms with Crippen molar-refractivity contribution in [3.63, 3.8) is 0 Å². The molecule has 16 N–H and O–H groups in total. The summed E-state index contributed by atoms with van der Waals surface area (Å²) in [5.41, 5.74) is 23.9. The minimum Gasteiger partial charge on any atom is -0.480 e. The van der Waals surface area contributed by atoms with Crippen LogP contribution in [0.4, 0.5) is 0 Å². The Kier molecular flexibility index (Phi) is 21.4. The summed E-state index contributed by atoms with van der Waals surface area (Å²) in [4.78, 5) is 114. The number of fused-ring (bicyclic) bond motifs is 1. The maximum atomic E-state index is 14.5. The number of H-pyrrole nitrogens is 1. The van der Waals surface area contributed by atoms with E-state index in [9.17, 15) is 43.5 Å². The Morgan fingerprint density at radius 3 is 1.86 bits per heavy atom. The van der Waals surface area contributed by atoms with Crippen LogP contribution < -0.4 is 54.8 Å². The zero-order valence-corrected chi connectivity index (χ0v) is 37.1. The Morgan fingerprint density at radius 2 is 1.25 bits per heavy atom. The summed E-state index contributed by atoms with van der Waals surface area (Å²) in [6, 6.07) is 8.12. The van der Waals surface area contributed by atoms with Crippen molar-refractivity contribution in [2.45, 2.75) is 115 Å². The number of nitrogens with zero attached hydrogens (tertiary/aromatic N) is 1. The van der Waals surface area contributed by atoms with Crippen LogP contribution in [0, 0.1) is 5.92 Å². The number of aliphatic imine (C=N–C) groups is 1. The van der Waals surface area contributed by atoms with Crippen LogP contribution in [0.2, 0.25) is 0 Å². The maximum Gasteiger partial charge on any atom is 0.326 e. The molecule has 0 unspecified atom stereocenters. The second kappa shape index (κ2) is 26.6. The van der Waals surface area contributed by atoms with Crippen LogP contribution in [0.1, 0.15) is 76.8 Å². The minimum atomic E-state index is -1.60. The van der Waals surface area contributed by atoms with E-state index < -0.39 is 95.9 Å². The molecule has 21 heteroatoms. The van der Waals surface area contributed by atoms with Gasteiger partial charge in [-0.25, -0.2) is 4.79 Å². The van der Waals surface area contributed by atoms with Gasteiger partial charge in [-0.2, -0.15) is 0 Å². The average Bonchev–Trinajstić information content (AvgIpc) is 3.67. The van der Waals surface area contributed by atoms with Gasteiger partial charge in [-0.3, -0.25) is 38.6 Å². The van der Waals surface area contributed by atoms with Gasteiger partial charge in [0, 0.05) is 43.4 Å². The highest BCUT2D eigenvalue weighted by Gasteiger charge is 2.36. The van der Waals surface area contributed by atoms with Crippen molar-refractivity contribution in [2.24, 2.45) is 33.8 Å². The lowest BCUT2D eigenvalue weighted by molar-refractivity contribution is -0.142. The molecule has 1 heterocycles. The van der Waals surface area contributed by atoms with Crippen molar-refractivity contribution < 1.29 is 43.5 Å². The summed E-state index contributed by atoms with van der Waals surface area (Å²) >= 11 is 0. The van der Waals surface area contributed by atoms with Crippen LogP contribution in [0.5, 0.6) is 0 Å². The first-order valence-corrected chi connectivity index (χ1v) is 21.6. The van der Waals surface area contributed by atoms with Gasteiger partial charge in [-0.15, -0.1) is 0 Å². The number of aromatic nitrogens is 1. The molecular formula is C44H64N12O9. The SMILES string of the molecule is CC[C@H](C)[C@H](NC(=O)[C@H](Cc1c[nH]c2ccccc12)NC(=O)[C@H](Cc1ccccc1)NC(=O)[C@H](CCCN=C(N)N)NC(C)=O)C(=O)N[C@@H](CC(N)=O)C(=O)N[C@@H](CCCCN)C(=O)O. The Labute approximate surface area is 377 Å². The second-order valence-corrected chi connectivity index (χ2v) is 15.9. The van der Waals surface area contributed by atoms with E-state index in [2.05, 4.69) is 41.9 Å². The number of guanidine groups is 1. The molecule has 7 atom stereocenters. The first-order chi connectivity index (χ1) is 30.9. The van der Waals surface area contributed by atoms with Gasteiger partial charge in [0.2, 0.25) is 41.4 Å². The van der Waals surface area contributed by atoms with Crippen LogP contribution in [0.25, 0.3) is 10.9 Å². The number of carboxylic acid groups (broad SMARTS) is 1. The van der Waals surface area contributed by atoms with Gasteiger partial charge in [-0.05, 0) is 61.8 Å². The van der Waals surface area contributed by atoms with Crippen molar-refractivity contribution in [2.75, 3.05) is 13.1 Å². The van der Waals surface area contributed by atoms with Crippen LogP contribution >= 0.6 is 0 Å². The van der Waals surface area contributed by atoms with E-state index in [1.807, 2.05) is 24.3 Å². The molecule has 21 nitrogen and oxygen atoms in total. The molecule has 0 saturated carbocycles. The first-order valence-electron chi connectivity index (χ1n) is 21.6. The number of nitrogens with one attached hydrogen (secondary N) is 7. The molecule has 3 rings (SSSR count). The van der Waals surface area contributed by atoms with Gasteiger partial charge in [-0.1, -0.05) is 68.8 Å². The highest BCUT2D eigenvalue weighted by atomic mass is 16.4. The lowest BCUT2D eigenvalue weighted by Gasteiger charge is -2.29. The zero-order valence-electron chi connectivity index (χ0n) is 37.1. The van der Waals surface area contributed by atoms with E-state index in [1.54, 1.807) is 50.4 Å². The lowest BCUT2D eigenvalue weighted by Crippen LogP contribution is -2.61. The zero-order chi connectivity index (χ0) is 48.1. The number of hydrogen-bond donors (Lipinski definition) is 12. The molecule has 3 aromatic rings. The topological polar surface area (TPSA) is 361 Å². The Bertz CT molecular complexity index is 2130. The molecule has 65 heavy (non-hydrogen) atoms. The highest BCUT2D eigenvalue weighted by molar-refractivity contribution is 5.98. The monoisotopic (exact) mass is 904 g/mol. The maximum absolute atomic E-state index is 14.5. The van der Waals surface area contributed by atoms with Gasteiger partial charge in [0.1, 0.15) is 36.3 Å². The third-order valence-electron chi connectivity index (χ3n) is 10.7. The van der Waals surface area contributed by atoms with Crippen molar-refractivity contribution in [1.82, 2.24) is 36.9 Å². The predicted molar refractivity (Wildman–Crippen MR) is 243 cm³/mol. The normalized spacial score (nSPS) is 14.2. The molecule has 2 aromatic carbocycles. The highest BCUT2D eigenvalue weighted by Crippen LogP contribution is 2.20. The molecule has 0 saturated heterocycles. The number of aliphatic carboxylic acids is 1. The number of rotatable bonds is 28. The van der Waals surface area contributed by atoms with Crippen LogP contribution in [-0.4, -0.2) is 113 Å². The Morgan fingerprint density at radius 1 is 0.677 bits per heavy atom. The summed E-state index contributed by atoms with van der Waals surface area (Å²) in [5, 5.41) is 26.2. The molecule has 0 bridgehead atoms. The molecule has 0 fully saturated rings. The summed E-state index contributed by atoms with van der Waals surface area (Å²) in [6.07, 6.45) is 2.62. The Hall–Kier alpha value is -7.03. The van der Waals surface area contributed by atoms with Gasteiger partial charge >= 0.3 is 5.97 Å². The van der Waals surface area contributed by atoms with E-state index in [0.29, 0.717) is 43.4 Å². The number of carbonyl (C=O) groups excluding carboxylic acids is 7. The summed E-state index contributed by atoms with van der Waals surface area (Å²) < 4.78 is 0. The number of carbonyl (C=O) groups is 8. The molecule has 1 aromatic heterocycles. The quantitative estimate of drug-likeness (QED) is 0.0239. The molecule has 0 spiro atoms. The number of amides is 7. The largest absolute Gasteiger partial charge is 0.480 e. The minimum absolute atomic E-state index is 0.0163. The van der Waals surface area contributed by atoms with Gasteiger partial charge in [0.15, 0.2) is 5.96 Å². The molecule has 0 radical (unpaired) electrons. The molecular weight excluding hydrogens is 841 g/mol. The number of hydrogen-bond acceptors (Lipinski definition) is 10. The summed E-state index contributed by atoms with van der Waals surface area (Å²) in [5.74, 6) is -7.57. The van der Waals surface area contributed by atoms with E-state index in [-0.39, 0.29) is 38.2 Å². The van der Waals surface area contributed by atoms with E-state index >= 15 is 0 Å². The Balaban J connectivity index is 1.98. The first kappa shape index (κ1) is 52.3. The van der Waals surface area contributed by atoms with Crippen molar-refractivity contribution in [1.29, 1.82) is 0 Å². The smallest absolute Gasteiger partial charge is 0.326 e. The van der Waals surface area contributed by atoms with Gasteiger partial charge in [0.25, 0.3) is 0 Å². The fourth-order valence-corrected chi connectivity index (χ4v) is 7.00. The van der Waals surface area contributed by atoms with Crippen molar-refractivity contribution in [3.05, 3.63) is 71.9 Å². The number of nitrogens with two attached hydrogens (primary N) is 4. The van der Waals surface area contributed by atoms with Crippen molar-refractivity contribution >= 4 is 64.2 Å². The third kappa shape index (κ3) is 17.6. The molecule has 0 aliphatic rings. The third-order valence-corrected chi connectivity index (χ3v) is 10.7. The molecule has 0 aliphatic carbocycles. The van der Waals surface area contributed by atoms with Crippen LogP contribution in [-0.2, 0) is 51.2 Å². The number of para-hydroxylation sites is 1. The molecule has 7 amide bonds. The van der Waals surface area contributed by atoms with E-state index in [0.717, 1.165) is 10.9 Å². The fourth-order valence-electron chi connectivity index (χ4n) is 7.00. The second-order valence-electron chi connectivity index (χ2n) is 15.9. The van der Waals surface area contributed by atoms with Gasteiger partial charge < -0.3 is 64.9 Å². The lowest BCUT2D eigenvalue weighted by atomic mass is 9.96. The van der Waals surface area contributed by atoms with Crippen LogP contribution in [0.3, 0.4) is 0 Å². The molecule has 0 aliphatic heterocycles. The van der Waals surface area contributed by atoms with Crippen molar-refractivity contribution in [3.8, 4) is 0 Å². The summed E-state index contributed by atoms with van der Waals surface area (Å²) in [7, 11) is 0. The number of aromatic amines is 1. The van der Waals surface area contributed by atoms with Crippen LogP contribution in [0.15, 0.2) is 65.8 Å².